The lowest BCUT2D eigenvalue weighted by atomic mass is 10.1. The van der Waals surface area contributed by atoms with Crippen molar-refractivity contribution in [3.05, 3.63) is 24.3 Å². The topological polar surface area (TPSA) is 64.2 Å². The van der Waals surface area contributed by atoms with Gasteiger partial charge in [0, 0.05) is 50.6 Å². The average molecular weight is 415 g/mol. The zero-order chi connectivity index (χ0) is 20.0. The van der Waals surface area contributed by atoms with Gasteiger partial charge in [0.25, 0.3) is 5.91 Å². The minimum absolute atomic E-state index is 0.00891. The number of likely N-dealkylation sites (tertiary alicyclic amines) is 1. The molecule has 3 saturated heterocycles. The third kappa shape index (κ3) is 2.99. The Morgan fingerprint density at radius 3 is 2.28 bits per heavy atom. The van der Waals surface area contributed by atoms with E-state index < -0.39 is 4.87 Å². The van der Waals surface area contributed by atoms with Crippen LogP contribution in [-0.4, -0.2) is 76.7 Å². The number of carbonyl (C=O) groups excluding carboxylic acids is 3. The van der Waals surface area contributed by atoms with Gasteiger partial charge in [-0.25, -0.2) is 4.79 Å². The number of nitrogens with zero attached hydrogens (tertiary/aromatic N) is 4. The van der Waals surface area contributed by atoms with E-state index in [1.165, 1.54) is 18.2 Å². The summed E-state index contributed by atoms with van der Waals surface area (Å²) in [4.78, 5) is 46.5. The lowest BCUT2D eigenvalue weighted by Gasteiger charge is -2.41. The summed E-state index contributed by atoms with van der Waals surface area (Å²) in [5.74, 6) is 0.0318. The molecule has 0 unspecified atom stereocenters. The van der Waals surface area contributed by atoms with Crippen LogP contribution in [0.15, 0.2) is 29.2 Å². The number of fused-ring (bicyclic) bond motifs is 3. The average Bonchev–Trinajstić information content (AvgIpc) is 3.29. The number of benzene rings is 1. The first-order valence-electron chi connectivity index (χ1n) is 10.5. The SMILES string of the molecule is O=C(N1CCCCC1)N1CCN(C(=O)[C@@]23CCC(=O)N2c2ccccc2S3)CC1. The summed E-state index contributed by atoms with van der Waals surface area (Å²) in [5.41, 5.74) is 0.854. The summed E-state index contributed by atoms with van der Waals surface area (Å²) < 4.78 is 0. The number of hydrogen-bond acceptors (Lipinski definition) is 4. The molecule has 0 spiro atoms. The predicted molar refractivity (Wildman–Crippen MR) is 111 cm³/mol. The number of hydrogen-bond donors (Lipinski definition) is 0. The maximum absolute atomic E-state index is 13.6. The van der Waals surface area contributed by atoms with Crippen LogP contribution in [0.25, 0.3) is 0 Å². The third-order valence-corrected chi connectivity index (χ3v) is 7.94. The summed E-state index contributed by atoms with van der Waals surface area (Å²) in [6, 6.07) is 7.87. The van der Waals surface area contributed by atoms with Gasteiger partial charge in [-0.15, -0.1) is 0 Å². The van der Waals surface area contributed by atoms with E-state index in [2.05, 4.69) is 0 Å². The van der Waals surface area contributed by atoms with Crippen LogP contribution in [0.5, 0.6) is 0 Å². The second-order valence-electron chi connectivity index (χ2n) is 8.19. The molecule has 4 aliphatic rings. The molecule has 4 heterocycles. The molecule has 0 aliphatic carbocycles. The van der Waals surface area contributed by atoms with Crippen LogP contribution < -0.4 is 4.90 Å². The predicted octanol–water partition coefficient (Wildman–Crippen LogP) is 2.37. The van der Waals surface area contributed by atoms with Crippen LogP contribution in [0, 0.1) is 0 Å². The van der Waals surface area contributed by atoms with E-state index >= 15 is 0 Å². The highest BCUT2D eigenvalue weighted by Gasteiger charge is 2.58. The van der Waals surface area contributed by atoms with E-state index in [4.69, 9.17) is 0 Å². The second kappa shape index (κ2) is 7.23. The van der Waals surface area contributed by atoms with E-state index in [1.54, 1.807) is 4.90 Å². The fourth-order valence-corrected chi connectivity index (χ4v) is 6.40. The molecule has 0 aromatic heterocycles. The van der Waals surface area contributed by atoms with Crippen molar-refractivity contribution in [2.45, 2.75) is 41.9 Å². The first-order valence-corrected chi connectivity index (χ1v) is 11.4. The Kier molecular flexibility index (Phi) is 4.69. The minimum Gasteiger partial charge on any atom is -0.336 e. The largest absolute Gasteiger partial charge is 0.336 e. The van der Waals surface area contributed by atoms with Gasteiger partial charge in [0.1, 0.15) is 0 Å². The van der Waals surface area contributed by atoms with Crippen molar-refractivity contribution in [1.29, 1.82) is 0 Å². The van der Waals surface area contributed by atoms with E-state index in [0.29, 0.717) is 39.0 Å². The molecule has 1 aromatic rings. The Labute approximate surface area is 175 Å². The lowest BCUT2D eigenvalue weighted by molar-refractivity contribution is -0.135. The molecule has 0 saturated carbocycles. The van der Waals surface area contributed by atoms with Gasteiger partial charge in [-0.3, -0.25) is 14.5 Å². The van der Waals surface area contributed by atoms with Crippen molar-refractivity contribution in [2.24, 2.45) is 0 Å². The summed E-state index contributed by atoms with van der Waals surface area (Å²) >= 11 is 1.51. The molecule has 5 rings (SSSR count). The zero-order valence-corrected chi connectivity index (χ0v) is 17.3. The second-order valence-corrected chi connectivity index (χ2v) is 9.51. The molecule has 0 radical (unpaired) electrons. The molecule has 1 atom stereocenters. The molecule has 4 amide bonds. The van der Waals surface area contributed by atoms with Gasteiger partial charge in [-0.1, -0.05) is 23.9 Å². The van der Waals surface area contributed by atoms with Crippen molar-refractivity contribution in [3.63, 3.8) is 0 Å². The fraction of sp³-hybridized carbons (Fsp3) is 0.571. The van der Waals surface area contributed by atoms with Gasteiger partial charge in [0.05, 0.1) is 5.69 Å². The third-order valence-electron chi connectivity index (χ3n) is 6.47. The summed E-state index contributed by atoms with van der Waals surface area (Å²) in [5, 5.41) is 0. The highest BCUT2D eigenvalue weighted by atomic mass is 32.2. The number of para-hydroxylation sites is 1. The quantitative estimate of drug-likeness (QED) is 0.708. The molecule has 1 aromatic carbocycles. The fourth-order valence-electron chi connectivity index (χ4n) is 4.92. The van der Waals surface area contributed by atoms with Crippen LogP contribution in [0.3, 0.4) is 0 Å². The highest BCUT2D eigenvalue weighted by Crippen LogP contribution is 2.56. The molecule has 7 nitrogen and oxygen atoms in total. The summed E-state index contributed by atoms with van der Waals surface area (Å²) in [6.07, 6.45) is 4.30. The maximum atomic E-state index is 13.6. The standard InChI is InChI=1S/C21H26N4O3S/c26-18-8-9-21(25(18)16-6-2-3-7-17(16)29-21)19(27)22-12-14-24(15-13-22)20(28)23-10-4-1-5-11-23/h2-3,6-7H,1,4-5,8-15H2/t21-/m0/s1. The normalized spacial score (nSPS) is 26.6. The smallest absolute Gasteiger partial charge is 0.320 e. The molecular formula is C21H26N4O3S. The van der Waals surface area contributed by atoms with Gasteiger partial charge in [-0.2, -0.15) is 0 Å². The molecule has 0 N–H and O–H groups in total. The van der Waals surface area contributed by atoms with E-state index in [1.807, 2.05) is 39.0 Å². The van der Waals surface area contributed by atoms with Crippen molar-refractivity contribution in [2.75, 3.05) is 44.2 Å². The van der Waals surface area contributed by atoms with Crippen LogP contribution in [0.2, 0.25) is 0 Å². The molecule has 8 heteroatoms. The summed E-state index contributed by atoms with van der Waals surface area (Å²) in [7, 11) is 0. The van der Waals surface area contributed by atoms with Crippen LogP contribution in [0.4, 0.5) is 10.5 Å². The number of piperazine rings is 1. The number of carbonyl (C=O) groups is 3. The highest BCUT2D eigenvalue weighted by molar-refractivity contribution is 8.02. The molecule has 154 valence electrons. The first-order chi connectivity index (χ1) is 14.1. The monoisotopic (exact) mass is 414 g/mol. The van der Waals surface area contributed by atoms with E-state index in [-0.39, 0.29) is 17.8 Å². The summed E-state index contributed by atoms with van der Waals surface area (Å²) in [6.45, 7) is 3.85. The van der Waals surface area contributed by atoms with Crippen molar-refractivity contribution >= 4 is 35.3 Å². The van der Waals surface area contributed by atoms with Crippen molar-refractivity contribution in [1.82, 2.24) is 14.7 Å². The van der Waals surface area contributed by atoms with Gasteiger partial charge >= 0.3 is 6.03 Å². The van der Waals surface area contributed by atoms with Gasteiger partial charge < -0.3 is 14.7 Å². The molecular weight excluding hydrogens is 388 g/mol. The van der Waals surface area contributed by atoms with Gasteiger partial charge in [0.2, 0.25) is 5.91 Å². The molecule has 29 heavy (non-hydrogen) atoms. The number of thioether (sulfide) groups is 1. The first kappa shape index (κ1) is 18.8. The Balaban J connectivity index is 1.29. The maximum Gasteiger partial charge on any atom is 0.320 e. The number of rotatable bonds is 1. The number of anilines is 1. The van der Waals surface area contributed by atoms with Crippen molar-refractivity contribution < 1.29 is 14.4 Å². The Hall–Kier alpha value is -2.22. The van der Waals surface area contributed by atoms with Crippen LogP contribution >= 0.6 is 11.8 Å². The zero-order valence-electron chi connectivity index (χ0n) is 16.5. The Bertz CT molecular complexity index is 848. The number of urea groups is 1. The lowest BCUT2D eigenvalue weighted by Crippen LogP contribution is -2.60. The minimum atomic E-state index is -0.847. The molecule has 3 fully saturated rings. The Morgan fingerprint density at radius 1 is 0.862 bits per heavy atom. The van der Waals surface area contributed by atoms with E-state index in [9.17, 15) is 14.4 Å². The molecule has 0 bridgehead atoms. The number of piperidine rings is 1. The van der Waals surface area contributed by atoms with Gasteiger partial charge in [0.15, 0.2) is 4.87 Å². The van der Waals surface area contributed by atoms with Crippen LogP contribution in [-0.2, 0) is 9.59 Å². The molecule has 4 aliphatic heterocycles. The van der Waals surface area contributed by atoms with Gasteiger partial charge in [-0.05, 0) is 37.8 Å². The van der Waals surface area contributed by atoms with E-state index in [0.717, 1.165) is 36.5 Å². The number of amides is 4. The van der Waals surface area contributed by atoms with Crippen molar-refractivity contribution in [3.8, 4) is 0 Å². The van der Waals surface area contributed by atoms with Crippen LogP contribution in [0.1, 0.15) is 32.1 Å². The Morgan fingerprint density at radius 2 is 1.52 bits per heavy atom.